The number of nitrogens with zero attached hydrogens (tertiary/aromatic N) is 1. The van der Waals surface area contributed by atoms with Crippen molar-refractivity contribution in [1.29, 1.82) is 0 Å². The van der Waals surface area contributed by atoms with E-state index in [2.05, 4.69) is 39.1 Å². The van der Waals surface area contributed by atoms with Gasteiger partial charge in [-0.1, -0.05) is 36.2 Å². The molecule has 0 spiro atoms. The lowest BCUT2D eigenvalue weighted by molar-refractivity contribution is 0.259. The molecule has 0 aromatic heterocycles. The third-order valence-corrected chi connectivity index (χ3v) is 6.60. The van der Waals surface area contributed by atoms with Crippen molar-refractivity contribution >= 4 is 63.9 Å². The summed E-state index contributed by atoms with van der Waals surface area (Å²) in [5.41, 5.74) is 2.09. The monoisotopic (exact) mass is 572 g/mol. The van der Waals surface area contributed by atoms with Gasteiger partial charge in [-0.3, -0.25) is 4.90 Å². The summed E-state index contributed by atoms with van der Waals surface area (Å²) in [6.07, 6.45) is 2.57. The summed E-state index contributed by atoms with van der Waals surface area (Å²) in [4.78, 5) is 2.55. The maximum Gasteiger partial charge on any atom is 0.175 e. The van der Waals surface area contributed by atoms with E-state index in [4.69, 9.17) is 32.7 Å². The van der Waals surface area contributed by atoms with Crippen molar-refractivity contribution in [3.8, 4) is 11.5 Å². The predicted octanol–water partition coefficient (Wildman–Crippen LogP) is 6.76. The summed E-state index contributed by atoms with van der Waals surface area (Å²) in [5, 5.41) is 4.64. The second kappa shape index (κ2) is 14.0. The van der Waals surface area contributed by atoms with E-state index >= 15 is 0 Å². The molecule has 0 bridgehead atoms. The standard InChI is InChI=1S/C22H27BrCl2N2O2.2ClH/c1-3-27-8-4-5-17(27)13-26-12-16-9-18(23)22(21(11-16)28-2)29-14-15-6-7-19(24)20(25)10-15;;/h6-7,9-11,17,26H,3-5,8,12-14H2,1-2H3;2*1H. The Morgan fingerprint density at radius 3 is 2.58 bits per heavy atom. The van der Waals surface area contributed by atoms with E-state index in [1.807, 2.05) is 18.2 Å². The van der Waals surface area contributed by atoms with E-state index < -0.39 is 0 Å². The molecule has 1 atom stereocenters. The molecule has 2 aromatic rings. The highest BCUT2D eigenvalue weighted by Crippen LogP contribution is 2.37. The Bertz CT molecular complexity index is 841. The highest BCUT2D eigenvalue weighted by Gasteiger charge is 2.22. The first kappa shape index (κ1) is 28.6. The van der Waals surface area contributed by atoms with E-state index in [1.54, 1.807) is 13.2 Å². The molecule has 1 heterocycles. The number of hydrogen-bond donors (Lipinski definition) is 1. The molecule has 1 unspecified atom stereocenters. The van der Waals surface area contributed by atoms with Gasteiger partial charge in [0.1, 0.15) is 6.61 Å². The number of halogens is 5. The lowest BCUT2D eigenvalue weighted by atomic mass is 10.1. The molecular formula is C22H29BrCl4N2O2. The smallest absolute Gasteiger partial charge is 0.175 e. The summed E-state index contributed by atoms with van der Waals surface area (Å²) in [5.74, 6) is 1.38. The van der Waals surface area contributed by atoms with Gasteiger partial charge in [-0.15, -0.1) is 24.8 Å². The molecule has 0 amide bonds. The van der Waals surface area contributed by atoms with Crippen molar-refractivity contribution in [1.82, 2.24) is 10.2 Å². The van der Waals surface area contributed by atoms with Crippen molar-refractivity contribution in [3.05, 3.63) is 56.0 Å². The van der Waals surface area contributed by atoms with Gasteiger partial charge in [0.15, 0.2) is 11.5 Å². The van der Waals surface area contributed by atoms with Gasteiger partial charge in [-0.2, -0.15) is 0 Å². The Morgan fingerprint density at radius 1 is 1.13 bits per heavy atom. The number of likely N-dealkylation sites (N-methyl/N-ethyl adjacent to an activating group) is 1. The fraction of sp³-hybridized carbons (Fsp3) is 0.455. The number of nitrogens with one attached hydrogen (secondary N) is 1. The van der Waals surface area contributed by atoms with Gasteiger partial charge in [0, 0.05) is 19.1 Å². The topological polar surface area (TPSA) is 33.7 Å². The molecule has 1 N–H and O–H groups in total. The third-order valence-electron chi connectivity index (χ3n) is 5.27. The van der Waals surface area contributed by atoms with E-state index in [9.17, 15) is 0 Å². The van der Waals surface area contributed by atoms with Gasteiger partial charge in [-0.25, -0.2) is 0 Å². The molecule has 1 aliphatic heterocycles. The summed E-state index contributed by atoms with van der Waals surface area (Å²) in [6, 6.07) is 10.2. The molecule has 31 heavy (non-hydrogen) atoms. The molecule has 9 heteroatoms. The Kier molecular flexibility index (Phi) is 12.9. The molecule has 174 valence electrons. The Balaban J connectivity index is 0.00000240. The van der Waals surface area contributed by atoms with E-state index in [1.165, 1.54) is 19.4 Å². The van der Waals surface area contributed by atoms with Gasteiger partial charge in [0.05, 0.1) is 21.6 Å². The van der Waals surface area contributed by atoms with Crippen LogP contribution in [0.2, 0.25) is 10.0 Å². The Hall–Kier alpha value is -0.400. The summed E-state index contributed by atoms with van der Waals surface area (Å²) in [7, 11) is 1.66. The van der Waals surface area contributed by atoms with Gasteiger partial charge < -0.3 is 14.8 Å². The fourth-order valence-electron chi connectivity index (χ4n) is 3.73. The Morgan fingerprint density at radius 2 is 1.90 bits per heavy atom. The minimum Gasteiger partial charge on any atom is -0.493 e. The van der Waals surface area contributed by atoms with E-state index in [0.29, 0.717) is 34.2 Å². The highest BCUT2D eigenvalue weighted by molar-refractivity contribution is 9.10. The predicted molar refractivity (Wildman–Crippen MR) is 138 cm³/mol. The lowest BCUT2D eigenvalue weighted by Crippen LogP contribution is -2.37. The van der Waals surface area contributed by atoms with Gasteiger partial charge in [-0.05, 0) is 77.3 Å². The zero-order valence-electron chi connectivity index (χ0n) is 17.6. The number of rotatable bonds is 9. The number of benzene rings is 2. The fourth-order valence-corrected chi connectivity index (χ4v) is 4.65. The number of likely N-dealkylation sites (tertiary alicyclic amines) is 1. The van der Waals surface area contributed by atoms with Crippen LogP contribution in [0.1, 0.15) is 30.9 Å². The third kappa shape index (κ3) is 7.85. The van der Waals surface area contributed by atoms with Crippen LogP contribution in [0, 0.1) is 0 Å². The van der Waals surface area contributed by atoms with Crippen LogP contribution in [-0.4, -0.2) is 37.7 Å². The molecule has 1 fully saturated rings. The van der Waals surface area contributed by atoms with Crippen molar-refractivity contribution in [2.75, 3.05) is 26.7 Å². The first-order valence-corrected chi connectivity index (χ1v) is 11.4. The molecule has 3 rings (SSSR count). The summed E-state index contributed by atoms with van der Waals surface area (Å²) >= 11 is 15.7. The zero-order chi connectivity index (χ0) is 20.8. The van der Waals surface area contributed by atoms with E-state index in [-0.39, 0.29) is 24.8 Å². The average Bonchev–Trinajstić information content (AvgIpc) is 3.17. The maximum atomic E-state index is 6.09. The maximum absolute atomic E-state index is 6.09. The summed E-state index contributed by atoms with van der Waals surface area (Å²) < 4.78 is 12.4. The zero-order valence-corrected chi connectivity index (χ0v) is 22.4. The van der Waals surface area contributed by atoms with Gasteiger partial charge in [0.25, 0.3) is 0 Å². The largest absolute Gasteiger partial charge is 0.493 e. The average molecular weight is 575 g/mol. The molecular weight excluding hydrogens is 546 g/mol. The van der Waals surface area contributed by atoms with Gasteiger partial charge in [0.2, 0.25) is 0 Å². The van der Waals surface area contributed by atoms with Crippen LogP contribution in [0.15, 0.2) is 34.8 Å². The highest BCUT2D eigenvalue weighted by atomic mass is 79.9. The number of ether oxygens (including phenoxy) is 2. The second-order valence-electron chi connectivity index (χ2n) is 7.20. The van der Waals surface area contributed by atoms with Crippen LogP contribution in [0.3, 0.4) is 0 Å². The van der Waals surface area contributed by atoms with Crippen LogP contribution in [0.5, 0.6) is 11.5 Å². The van der Waals surface area contributed by atoms with Crippen LogP contribution >= 0.6 is 63.9 Å². The number of methoxy groups -OCH3 is 1. The minimum atomic E-state index is 0. The van der Waals surface area contributed by atoms with Crippen LogP contribution in [0.4, 0.5) is 0 Å². The molecule has 0 aliphatic carbocycles. The second-order valence-corrected chi connectivity index (χ2v) is 8.87. The first-order chi connectivity index (χ1) is 14.0. The van der Waals surface area contributed by atoms with Crippen LogP contribution < -0.4 is 14.8 Å². The Labute approximate surface area is 215 Å². The van der Waals surface area contributed by atoms with Crippen molar-refractivity contribution in [3.63, 3.8) is 0 Å². The van der Waals surface area contributed by atoms with Crippen molar-refractivity contribution in [2.24, 2.45) is 0 Å². The first-order valence-electron chi connectivity index (χ1n) is 9.89. The molecule has 2 aromatic carbocycles. The van der Waals surface area contributed by atoms with Crippen molar-refractivity contribution in [2.45, 2.75) is 39.0 Å². The van der Waals surface area contributed by atoms with E-state index in [0.717, 1.165) is 35.2 Å². The SMILES string of the molecule is CCN1CCCC1CNCc1cc(Br)c(OCc2ccc(Cl)c(Cl)c2)c(OC)c1.Cl.Cl. The quantitative estimate of drug-likeness (QED) is 0.359. The molecule has 0 saturated carbocycles. The molecule has 1 saturated heterocycles. The van der Waals surface area contributed by atoms with Crippen molar-refractivity contribution < 1.29 is 9.47 Å². The normalized spacial score (nSPS) is 15.8. The lowest BCUT2D eigenvalue weighted by Gasteiger charge is -2.23. The molecule has 0 radical (unpaired) electrons. The summed E-state index contributed by atoms with van der Waals surface area (Å²) in [6.45, 7) is 6.73. The number of hydrogen-bond acceptors (Lipinski definition) is 4. The molecule has 4 nitrogen and oxygen atoms in total. The van der Waals surface area contributed by atoms with Gasteiger partial charge >= 0.3 is 0 Å². The van der Waals surface area contributed by atoms with Crippen LogP contribution in [0.25, 0.3) is 0 Å². The van der Waals surface area contributed by atoms with Crippen LogP contribution in [-0.2, 0) is 13.2 Å². The molecule has 1 aliphatic rings. The minimum absolute atomic E-state index is 0.